The summed E-state index contributed by atoms with van der Waals surface area (Å²) in [5.41, 5.74) is 7.78. The fraction of sp³-hybridized carbons (Fsp3) is 0.600. The van der Waals surface area contributed by atoms with Gasteiger partial charge in [0.1, 0.15) is 0 Å². The first kappa shape index (κ1) is 16.6. The maximum atomic E-state index is 12.8. The zero-order chi connectivity index (χ0) is 15.6. The summed E-state index contributed by atoms with van der Waals surface area (Å²) in [7, 11) is -3.53. The van der Waals surface area contributed by atoms with Crippen molar-refractivity contribution in [3.8, 4) is 0 Å². The minimum absolute atomic E-state index is 0.0129. The average Bonchev–Trinajstić information content (AvgIpc) is 2.43. The molecule has 1 aromatic rings. The van der Waals surface area contributed by atoms with E-state index in [0.29, 0.717) is 21.4 Å². The van der Waals surface area contributed by atoms with Crippen molar-refractivity contribution < 1.29 is 8.42 Å². The molecule has 21 heavy (non-hydrogen) atoms. The Bertz CT molecular complexity index is 614. The van der Waals surface area contributed by atoms with Gasteiger partial charge in [-0.1, -0.05) is 18.9 Å². The van der Waals surface area contributed by atoms with Gasteiger partial charge in [0.25, 0.3) is 0 Å². The van der Waals surface area contributed by atoms with Crippen LogP contribution in [0, 0.1) is 13.8 Å². The molecule has 0 aliphatic heterocycles. The van der Waals surface area contributed by atoms with Crippen molar-refractivity contribution in [1.29, 1.82) is 0 Å². The van der Waals surface area contributed by atoms with Crippen molar-refractivity contribution >= 4 is 27.5 Å². The number of benzene rings is 1. The summed E-state index contributed by atoms with van der Waals surface area (Å²) in [5.74, 6) is 0. The van der Waals surface area contributed by atoms with Gasteiger partial charge >= 0.3 is 0 Å². The van der Waals surface area contributed by atoms with Crippen LogP contribution in [-0.2, 0) is 10.0 Å². The summed E-state index contributed by atoms with van der Waals surface area (Å²) >= 11 is 1.75. The van der Waals surface area contributed by atoms with E-state index in [0.717, 1.165) is 24.8 Å². The predicted molar refractivity (Wildman–Crippen MR) is 90.2 cm³/mol. The fourth-order valence-corrected chi connectivity index (χ4v) is 5.86. The van der Waals surface area contributed by atoms with Gasteiger partial charge in [0.15, 0.2) is 0 Å². The molecule has 6 heteroatoms. The van der Waals surface area contributed by atoms with E-state index in [2.05, 4.69) is 4.72 Å². The van der Waals surface area contributed by atoms with Crippen LogP contribution in [0.2, 0.25) is 0 Å². The van der Waals surface area contributed by atoms with Crippen LogP contribution in [0.25, 0.3) is 0 Å². The number of hydrogen-bond acceptors (Lipinski definition) is 4. The lowest BCUT2D eigenvalue weighted by molar-refractivity contribution is 0.423. The van der Waals surface area contributed by atoms with Crippen molar-refractivity contribution in [2.75, 3.05) is 12.0 Å². The van der Waals surface area contributed by atoms with Crippen molar-refractivity contribution in [2.24, 2.45) is 0 Å². The summed E-state index contributed by atoms with van der Waals surface area (Å²) < 4.78 is 28.5. The smallest absolute Gasteiger partial charge is 0.241 e. The monoisotopic (exact) mass is 328 g/mol. The van der Waals surface area contributed by atoms with Crippen LogP contribution in [0.5, 0.6) is 0 Å². The van der Waals surface area contributed by atoms with Crippen LogP contribution >= 0.6 is 11.8 Å². The molecule has 0 radical (unpaired) electrons. The van der Waals surface area contributed by atoms with Crippen molar-refractivity contribution in [1.82, 2.24) is 4.72 Å². The molecule has 0 amide bonds. The van der Waals surface area contributed by atoms with Gasteiger partial charge in [0, 0.05) is 17.0 Å². The minimum atomic E-state index is -3.53. The third kappa shape index (κ3) is 3.55. The van der Waals surface area contributed by atoms with Gasteiger partial charge in [-0.3, -0.25) is 0 Å². The quantitative estimate of drug-likeness (QED) is 0.834. The van der Waals surface area contributed by atoms with Gasteiger partial charge in [-0.25, -0.2) is 13.1 Å². The molecule has 118 valence electrons. The number of sulfonamides is 1. The molecule has 1 aliphatic carbocycles. The highest BCUT2D eigenvalue weighted by atomic mass is 32.2. The molecule has 1 aliphatic rings. The highest BCUT2D eigenvalue weighted by molar-refractivity contribution is 7.99. The Kier molecular flexibility index (Phi) is 5.22. The second kappa shape index (κ2) is 6.58. The predicted octanol–water partition coefficient (Wildman–Crippen LogP) is 2.84. The van der Waals surface area contributed by atoms with Crippen LogP contribution in [0.4, 0.5) is 5.69 Å². The van der Waals surface area contributed by atoms with Crippen molar-refractivity contribution in [3.63, 3.8) is 0 Å². The first-order valence-corrected chi connectivity index (χ1v) is 10.0. The second-order valence-electron chi connectivity index (χ2n) is 5.71. The molecule has 3 N–H and O–H groups in total. The highest BCUT2D eigenvalue weighted by Gasteiger charge is 2.30. The Morgan fingerprint density at radius 3 is 2.57 bits per heavy atom. The Hall–Kier alpha value is -0.720. The highest BCUT2D eigenvalue weighted by Crippen LogP contribution is 2.30. The molecular weight excluding hydrogens is 304 g/mol. The SMILES string of the molecule is CSC1CCCCC1NS(=O)(=O)c1c(C)ccc(N)c1C. The van der Waals surface area contributed by atoms with E-state index in [9.17, 15) is 8.42 Å². The summed E-state index contributed by atoms with van der Waals surface area (Å²) in [6.07, 6.45) is 6.29. The van der Waals surface area contributed by atoms with Crippen LogP contribution < -0.4 is 10.5 Å². The van der Waals surface area contributed by atoms with Gasteiger partial charge < -0.3 is 5.73 Å². The van der Waals surface area contributed by atoms with E-state index in [4.69, 9.17) is 5.73 Å². The molecule has 2 unspecified atom stereocenters. The number of nitrogen functional groups attached to an aromatic ring is 1. The van der Waals surface area contributed by atoms with Gasteiger partial charge in [-0.05, 0) is 50.1 Å². The fourth-order valence-electron chi connectivity index (χ4n) is 3.03. The molecule has 1 aromatic carbocycles. The molecule has 0 heterocycles. The third-order valence-corrected chi connectivity index (χ3v) is 7.17. The van der Waals surface area contributed by atoms with E-state index in [1.807, 2.05) is 13.2 Å². The lowest BCUT2D eigenvalue weighted by Crippen LogP contribution is -2.44. The number of nitrogens with one attached hydrogen (secondary N) is 1. The number of thioether (sulfide) groups is 1. The van der Waals surface area contributed by atoms with Crippen molar-refractivity contribution in [3.05, 3.63) is 23.3 Å². The molecule has 1 saturated carbocycles. The first-order chi connectivity index (χ1) is 9.86. The summed E-state index contributed by atoms with van der Waals surface area (Å²) in [6, 6.07) is 3.54. The molecule has 0 aromatic heterocycles. The molecule has 2 atom stereocenters. The van der Waals surface area contributed by atoms with E-state index in [-0.39, 0.29) is 6.04 Å². The lowest BCUT2D eigenvalue weighted by atomic mass is 9.96. The van der Waals surface area contributed by atoms with Gasteiger partial charge in [0.2, 0.25) is 10.0 Å². The summed E-state index contributed by atoms with van der Waals surface area (Å²) in [4.78, 5) is 0.341. The second-order valence-corrected chi connectivity index (χ2v) is 8.44. The molecule has 4 nitrogen and oxygen atoms in total. The zero-order valence-corrected chi connectivity index (χ0v) is 14.5. The van der Waals surface area contributed by atoms with Crippen molar-refractivity contribution in [2.45, 2.75) is 55.7 Å². The standard InChI is InChI=1S/C15H24N2O2S2/c1-10-8-9-12(16)11(2)15(10)21(18,19)17-13-6-4-5-7-14(13)20-3/h8-9,13-14,17H,4-7,16H2,1-3H3. The maximum Gasteiger partial charge on any atom is 0.241 e. The molecule has 0 saturated heterocycles. The molecule has 1 fully saturated rings. The third-order valence-electron chi connectivity index (χ3n) is 4.23. The minimum Gasteiger partial charge on any atom is -0.398 e. The molecule has 0 bridgehead atoms. The van der Waals surface area contributed by atoms with Gasteiger partial charge in [0.05, 0.1) is 4.90 Å². The van der Waals surface area contributed by atoms with Crippen LogP contribution in [-0.4, -0.2) is 26.0 Å². The van der Waals surface area contributed by atoms with Crippen LogP contribution in [0.15, 0.2) is 17.0 Å². The molecule has 0 spiro atoms. The number of nitrogens with two attached hydrogens (primary N) is 1. The Morgan fingerprint density at radius 2 is 1.90 bits per heavy atom. The first-order valence-electron chi connectivity index (χ1n) is 7.27. The molecular formula is C15H24N2O2S2. The summed E-state index contributed by atoms with van der Waals surface area (Å²) in [5, 5.41) is 0.357. The maximum absolute atomic E-state index is 12.8. The van der Waals surface area contributed by atoms with E-state index in [1.165, 1.54) is 6.42 Å². The Morgan fingerprint density at radius 1 is 1.24 bits per heavy atom. The van der Waals surface area contributed by atoms with Gasteiger partial charge in [-0.2, -0.15) is 11.8 Å². The van der Waals surface area contributed by atoms with E-state index in [1.54, 1.807) is 30.8 Å². The average molecular weight is 329 g/mol. The largest absolute Gasteiger partial charge is 0.398 e. The number of anilines is 1. The van der Waals surface area contributed by atoms with Crippen LogP contribution in [0.1, 0.15) is 36.8 Å². The number of hydrogen-bond donors (Lipinski definition) is 2. The zero-order valence-electron chi connectivity index (χ0n) is 12.8. The normalized spacial score (nSPS) is 23.2. The van der Waals surface area contributed by atoms with E-state index >= 15 is 0 Å². The number of rotatable bonds is 4. The lowest BCUT2D eigenvalue weighted by Gasteiger charge is -2.31. The number of aryl methyl sites for hydroxylation is 1. The van der Waals surface area contributed by atoms with Gasteiger partial charge in [-0.15, -0.1) is 0 Å². The Balaban J connectivity index is 2.32. The Labute approximate surface area is 131 Å². The van der Waals surface area contributed by atoms with E-state index < -0.39 is 10.0 Å². The summed E-state index contributed by atoms with van der Waals surface area (Å²) in [6.45, 7) is 3.58. The van der Waals surface area contributed by atoms with Crippen LogP contribution in [0.3, 0.4) is 0 Å². The topological polar surface area (TPSA) is 72.2 Å². The molecule has 2 rings (SSSR count).